The number of unbranched alkanes of at least 4 members (excludes halogenated alkanes) is 3. The smallest absolute Gasteiger partial charge is 0.253 e. The molecule has 5 N–H and O–H groups in total. The van der Waals surface area contributed by atoms with Crippen molar-refractivity contribution in [2.45, 2.75) is 88.3 Å². The summed E-state index contributed by atoms with van der Waals surface area (Å²) >= 11 is 0. The van der Waals surface area contributed by atoms with Gasteiger partial charge in [0, 0.05) is 67.6 Å². The van der Waals surface area contributed by atoms with Crippen molar-refractivity contribution in [3.63, 3.8) is 0 Å². The van der Waals surface area contributed by atoms with Crippen molar-refractivity contribution in [1.29, 1.82) is 0 Å². The Hall–Kier alpha value is -6.37. The van der Waals surface area contributed by atoms with Gasteiger partial charge in [0.1, 0.15) is 11.9 Å². The van der Waals surface area contributed by atoms with Crippen LogP contribution in [0.4, 0.5) is 4.39 Å². The van der Waals surface area contributed by atoms with Crippen molar-refractivity contribution in [3.8, 4) is 0 Å². The monoisotopic (exact) mass is 856 g/mol. The third-order valence-electron chi connectivity index (χ3n) is 12.4. The van der Waals surface area contributed by atoms with E-state index in [1.807, 2.05) is 60.7 Å². The van der Waals surface area contributed by atoms with Gasteiger partial charge < -0.3 is 31.5 Å². The average molecular weight is 857 g/mol. The molecule has 2 saturated carbocycles. The molecule has 0 spiro atoms. The van der Waals surface area contributed by atoms with Crippen molar-refractivity contribution >= 4 is 35.4 Å². The second-order valence-corrected chi connectivity index (χ2v) is 17.0. The first kappa shape index (κ1) is 44.7. The van der Waals surface area contributed by atoms with Gasteiger partial charge in [0.15, 0.2) is 0 Å². The van der Waals surface area contributed by atoms with Crippen LogP contribution in [0.5, 0.6) is 0 Å². The Balaban J connectivity index is 0.961. The molecule has 6 amide bonds. The summed E-state index contributed by atoms with van der Waals surface area (Å²) < 4.78 is 13.3. The SMILES string of the molecule is CCCCCCNC(=O)[C@H](CNC(=O)c1ccc(C(=O)N2C[C@@H](C(=O)N[C@H]3C[C@@H]3c3ccccc3)[C@H](C(=O)N[C@H]3C[C@@H]3c3ccccc3)C2)cc1)NC(=O)CCc1ccc(F)cc1. The number of carbonyl (C=O) groups excluding carboxylic acids is 6. The Bertz CT molecular complexity index is 2150. The Labute approximate surface area is 368 Å². The minimum Gasteiger partial charge on any atom is -0.354 e. The molecular formula is C50H57FN6O6. The molecule has 4 aromatic rings. The predicted octanol–water partition coefficient (Wildman–Crippen LogP) is 5.40. The van der Waals surface area contributed by atoms with Gasteiger partial charge in [-0.3, -0.25) is 28.8 Å². The van der Waals surface area contributed by atoms with E-state index in [-0.39, 0.29) is 84.6 Å². The third-order valence-corrected chi connectivity index (χ3v) is 12.4. The number of hydrogen-bond donors (Lipinski definition) is 5. The molecule has 330 valence electrons. The standard InChI is InChI=1S/C50H57FN6O6/c1-2-3-4-11-26-52-49(62)44(54-45(58)25-18-32-16-23-37(51)24-17-32)29-53-46(59)35-19-21-36(22-20-35)50(63)57-30-40(47(60)55-42-27-38(42)33-12-7-5-8-13-33)41(31-57)48(61)56-43-28-39(43)34-14-9-6-10-15-34/h5-10,12-17,19-24,38-44H,2-4,11,18,25-31H2,1H3,(H,52,62)(H,53,59)(H,54,58)(H,55,60)(H,56,61)/t38-,39-,40-,41-,42+,43+,44+/m1/s1. The summed E-state index contributed by atoms with van der Waals surface area (Å²) in [5.74, 6) is -3.62. The van der Waals surface area contributed by atoms with E-state index in [4.69, 9.17) is 0 Å². The van der Waals surface area contributed by atoms with Crippen LogP contribution in [0.1, 0.15) is 101 Å². The summed E-state index contributed by atoms with van der Waals surface area (Å²) in [4.78, 5) is 82.7. The molecule has 3 fully saturated rings. The molecular weight excluding hydrogens is 800 g/mol. The number of aryl methyl sites for hydroxylation is 1. The summed E-state index contributed by atoms with van der Waals surface area (Å²) in [7, 11) is 0. The van der Waals surface area contributed by atoms with Crippen LogP contribution in [-0.2, 0) is 25.6 Å². The van der Waals surface area contributed by atoms with E-state index < -0.39 is 35.6 Å². The Morgan fingerprint density at radius 2 is 1.22 bits per heavy atom. The number of hydrogen-bond acceptors (Lipinski definition) is 6. The topological polar surface area (TPSA) is 166 Å². The first-order valence-corrected chi connectivity index (χ1v) is 22.3. The highest BCUT2D eigenvalue weighted by Crippen LogP contribution is 2.42. The van der Waals surface area contributed by atoms with Crippen molar-refractivity contribution < 1.29 is 33.2 Å². The van der Waals surface area contributed by atoms with Crippen molar-refractivity contribution in [2.75, 3.05) is 26.2 Å². The molecule has 1 heterocycles. The van der Waals surface area contributed by atoms with Gasteiger partial charge in [-0.25, -0.2) is 4.39 Å². The minimum atomic E-state index is -1.04. The molecule has 3 aliphatic rings. The lowest BCUT2D eigenvalue weighted by Crippen LogP contribution is -2.52. The molecule has 7 rings (SSSR count). The first-order chi connectivity index (χ1) is 30.6. The highest BCUT2D eigenvalue weighted by atomic mass is 19.1. The predicted molar refractivity (Wildman–Crippen MR) is 237 cm³/mol. The van der Waals surface area contributed by atoms with Gasteiger partial charge in [0.25, 0.3) is 11.8 Å². The number of nitrogens with zero attached hydrogens (tertiary/aromatic N) is 1. The maximum absolute atomic E-state index is 14.0. The zero-order chi connectivity index (χ0) is 44.3. The van der Waals surface area contributed by atoms with Crippen molar-refractivity contribution in [3.05, 3.63) is 143 Å². The maximum atomic E-state index is 14.0. The van der Waals surface area contributed by atoms with E-state index in [0.717, 1.165) is 55.2 Å². The summed E-state index contributed by atoms with van der Waals surface area (Å²) in [6, 6.07) is 30.8. The van der Waals surface area contributed by atoms with Crippen LogP contribution >= 0.6 is 0 Å². The van der Waals surface area contributed by atoms with Crippen LogP contribution < -0.4 is 26.6 Å². The van der Waals surface area contributed by atoms with Crippen LogP contribution in [0.3, 0.4) is 0 Å². The normalized spacial score (nSPS) is 21.4. The number of carbonyl (C=O) groups is 6. The number of nitrogens with one attached hydrogen (secondary N) is 5. The summed E-state index contributed by atoms with van der Waals surface area (Å²) in [6.07, 6.45) is 5.86. The zero-order valence-corrected chi connectivity index (χ0v) is 35.7. The third kappa shape index (κ3) is 12.2. The maximum Gasteiger partial charge on any atom is 0.253 e. The van der Waals surface area contributed by atoms with Crippen LogP contribution in [0.15, 0.2) is 109 Å². The largest absolute Gasteiger partial charge is 0.354 e. The molecule has 2 aliphatic carbocycles. The van der Waals surface area contributed by atoms with Crippen LogP contribution in [0.25, 0.3) is 0 Å². The van der Waals surface area contributed by atoms with Gasteiger partial charge in [-0.05, 0) is 78.8 Å². The van der Waals surface area contributed by atoms with Gasteiger partial charge in [0.05, 0.1) is 11.8 Å². The Kier molecular flexibility index (Phi) is 15.0. The molecule has 0 bridgehead atoms. The lowest BCUT2D eigenvalue weighted by atomic mass is 9.94. The number of rotatable bonds is 20. The van der Waals surface area contributed by atoms with E-state index in [1.54, 1.807) is 12.1 Å². The summed E-state index contributed by atoms with van der Waals surface area (Å²) in [6.45, 7) is 2.49. The second kappa shape index (κ2) is 21.1. The average Bonchev–Trinajstić information content (AvgIpc) is 4.22. The fourth-order valence-corrected chi connectivity index (χ4v) is 8.44. The molecule has 13 heteroatoms. The lowest BCUT2D eigenvalue weighted by Gasteiger charge is -2.19. The van der Waals surface area contributed by atoms with Crippen LogP contribution in [0, 0.1) is 17.7 Å². The van der Waals surface area contributed by atoms with Crippen molar-refractivity contribution in [2.24, 2.45) is 11.8 Å². The highest BCUT2D eigenvalue weighted by Gasteiger charge is 2.49. The fraction of sp³-hybridized carbons (Fsp3) is 0.400. The number of halogens is 1. The van der Waals surface area contributed by atoms with Gasteiger partial charge in [-0.1, -0.05) is 99.0 Å². The molecule has 0 aromatic heterocycles. The van der Waals surface area contributed by atoms with E-state index in [1.165, 1.54) is 41.3 Å². The number of amides is 6. The number of benzene rings is 4. The summed E-state index contributed by atoms with van der Waals surface area (Å²) in [5.41, 5.74) is 3.60. The first-order valence-electron chi connectivity index (χ1n) is 22.3. The van der Waals surface area contributed by atoms with E-state index >= 15 is 0 Å². The van der Waals surface area contributed by atoms with E-state index in [9.17, 15) is 33.2 Å². The molecule has 1 aliphatic heterocycles. The second-order valence-electron chi connectivity index (χ2n) is 17.0. The molecule has 4 aromatic carbocycles. The van der Waals surface area contributed by atoms with Gasteiger partial charge in [-0.15, -0.1) is 0 Å². The minimum absolute atomic E-state index is 0.0396. The quantitative estimate of drug-likeness (QED) is 0.0748. The van der Waals surface area contributed by atoms with Crippen molar-refractivity contribution in [1.82, 2.24) is 31.5 Å². The zero-order valence-electron chi connectivity index (χ0n) is 35.7. The molecule has 1 saturated heterocycles. The fourth-order valence-electron chi connectivity index (χ4n) is 8.44. The van der Waals surface area contributed by atoms with Crippen LogP contribution in [0.2, 0.25) is 0 Å². The number of likely N-dealkylation sites (tertiary alicyclic amines) is 1. The molecule has 7 atom stereocenters. The van der Waals surface area contributed by atoms with E-state index in [2.05, 4.69) is 33.5 Å². The van der Waals surface area contributed by atoms with Gasteiger partial charge in [0.2, 0.25) is 23.6 Å². The van der Waals surface area contributed by atoms with Crippen LogP contribution in [-0.4, -0.2) is 84.6 Å². The van der Waals surface area contributed by atoms with Gasteiger partial charge >= 0.3 is 0 Å². The molecule has 63 heavy (non-hydrogen) atoms. The lowest BCUT2D eigenvalue weighted by molar-refractivity contribution is -0.133. The molecule has 12 nitrogen and oxygen atoms in total. The molecule has 0 unspecified atom stereocenters. The van der Waals surface area contributed by atoms with Gasteiger partial charge in [-0.2, -0.15) is 0 Å². The molecule has 0 radical (unpaired) electrons. The summed E-state index contributed by atoms with van der Waals surface area (Å²) in [5, 5.41) is 14.7. The van der Waals surface area contributed by atoms with E-state index in [0.29, 0.717) is 13.0 Å². The Morgan fingerprint density at radius 3 is 1.78 bits per heavy atom. The Morgan fingerprint density at radius 1 is 0.667 bits per heavy atom. The highest BCUT2D eigenvalue weighted by molar-refractivity contribution is 5.99.